The standard InChI is InChI=1S/C17H19NO3/c1-12(9-17(19)20)15-7-8-16(21-15)14-6-4-5-13(10-14)11-18(2)3/h4-10H,11H2,1-3H3,(H,19,20)/b12-9+. The van der Waals surface area contributed by atoms with Crippen LogP contribution in [0.15, 0.2) is 46.9 Å². The van der Waals surface area contributed by atoms with E-state index in [-0.39, 0.29) is 0 Å². The summed E-state index contributed by atoms with van der Waals surface area (Å²) in [6, 6.07) is 11.8. The molecule has 2 aromatic rings. The van der Waals surface area contributed by atoms with E-state index in [1.54, 1.807) is 13.0 Å². The summed E-state index contributed by atoms with van der Waals surface area (Å²) in [5.74, 6) is 0.340. The number of nitrogens with zero attached hydrogens (tertiary/aromatic N) is 1. The number of carboxylic acid groups (broad SMARTS) is 1. The van der Waals surface area contributed by atoms with Crippen LogP contribution >= 0.6 is 0 Å². The molecule has 1 N–H and O–H groups in total. The molecule has 0 saturated heterocycles. The van der Waals surface area contributed by atoms with Gasteiger partial charge in [-0.15, -0.1) is 0 Å². The zero-order valence-electron chi connectivity index (χ0n) is 12.5. The van der Waals surface area contributed by atoms with Gasteiger partial charge in [0.05, 0.1) is 0 Å². The van der Waals surface area contributed by atoms with Crippen LogP contribution in [0.4, 0.5) is 0 Å². The summed E-state index contributed by atoms with van der Waals surface area (Å²) in [4.78, 5) is 12.8. The molecule has 0 fully saturated rings. The Labute approximate surface area is 124 Å². The van der Waals surface area contributed by atoms with Crippen LogP contribution in [0.2, 0.25) is 0 Å². The largest absolute Gasteiger partial charge is 0.478 e. The van der Waals surface area contributed by atoms with E-state index in [9.17, 15) is 4.79 Å². The summed E-state index contributed by atoms with van der Waals surface area (Å²) < 4.78 is 5.75. The molecular weight excluding hydrogens is 266 g/mol. The summed E-state index contributed by atoms with van der Waals surface area (Å²) in [6.07, 6.45) is 1.14. The molecule has 21 heavy (non-hydrogen) atoms. The van der Waals surface area contributed by atoms with Gasteiger partial charge in [-0.2, -0.15) is 0 Å². The van der Waals surface area contributed by atoms with Gasteiger partial charge < -0.3 is 14.4 Å². The average Bonchev–Trinajstić information content (AvgIpc) is 2.87. The maximum atomic E-state index is 10.7. The summed E-state index contributed by atoms with van der Waals surface area (Å²) in [5.41, 5.74) is 2.79. The Bertz CT molecular complexity index is 668. The SMILES string of the molecule is C/C(=C\C(=O)O)c1ccc(-c2cccc(CN(C)C)c2)o1. The lowest BCUT2D eigenvalue weighted by molar-refractivity contribution is -0.131. The smallest absolute Gasteiger partial charge is 0.328 e. The van der Waals surface area contributed by atoms with E-state index in [2.05, 4.69) is 17.0 Å². The molecule has 0 aliphatic rings. The Kier molecular flexibility index (Phi) is 4.60. The lowest BCUT2D eigenvalue weighted by atomic mass is 10.1. The highest BCUT2D eigenvalue weighted by molar-refractivity contribution is 5.88. The molecule has 4 nitrogen and oxygen atoms in total. The summed E-state index contributed by atoms with van der Waals surface area (Å²) in [5, 5.41) is 8.77. The zero-order valence-corrected chi connectivity index (χ0v) is 12.5. The maximum absolute atomic E-state index is 10.7. The summed E-state index contributed by atoms with van der Waals surface area (Å²) in [6.45, 7) is 2.58. The molecule has 0 bridgehead atoms. The van der Waals surface area contributed by atoms with Gasteiger partial charge in [-0.3, -0.25) is 0 Å². The molecule has 1 heterocycles. The van der Waals surface area contributed by atoms with E-state index in [1.807, 2.05) is 32.3 Å². The van der Waals surface area contributed by atoms with Crippen molar-refractivity contribution in [1.29, 1.82) is 0 Å². The van der Waals surface area contributed by atoms with Gasteiger partial charge in [-0.1, -0.05) is 18.2 Å². The number of carbonyl (C=O) groups is 1. The van der Waals surface area contributed by atoms with Gasteiger partial charge >= 0.3 is 5.97 Å². The second-order valence-electron chi connectivity index (χ2n) is 5.27. The quantitative estimate of drug-likeness (QED) is 0.854. The lowest BCUT2D eigenvalue weighted by Crippen LogP contribution is -2.10. The molecule has 0 amide bonds. The van der Waals surface area contributed by atoms with Crippen LogP contribution in [0, 0.1) is 0 Å². The minimum absolute atomic E-state index is 0.574. The van der Waals surface area contributed by atoms with Gasteiger partial charge in [0.2, 0.25) is 0 Å². The van der Waals surface area contributed by atoms with Crippen molar-refractivity contribution in [2.45, 2.75) is 13.5 Å². The van der Waals surface area contributed by atoms with Crippen molar-refractivity contribution in [3.63, 3.8) is 0 Å². The van der Waals surface area contributed by atoms with Gasteiger partial charge in [-0.25, -0.2) is 4.79 Å². The molecule has 0 radical (unpaired) electrons. The van der Waals surface area contributed by atoms with Gasteiger partial charge in [0.15, 0.2) is 0 Å². The number of carboxylic acids is 1. The van der Waals surface area contributed by atoms with Crippen LogP contribution < -0.4 is 0 Å². The van der Waals surface area contributed by atoms with Crippen molar-refractivity contribution in [1.82, 2.24) is 4.90 Å². The fraction of sp³-hybridized carbons (Fsp3) is 0.235. The molecule has 1 aromatic heterocycles. The first-order valence-corrected chi connectivity index (χ1v) is 6.71. The van der Waals surface area contributed by atoms with Crippen molar-refractivity contribution < 1.29 is 14.3 Å². The van der Waals surface area contributed by atoms with Crippen molar-refractivity contribution in [2.24, 2.45) is 0 Å². The third-order valence-corrected chi connectivity index (χ3v) is 3.04. The van der Waals surface area contributed by atoms with Crippen LogP contribution in [0.25, 0.3) is 16.9 Å². The highest BCUT2D eigenvalue weighted by Gasteiger charge is 2.08. The predicted molar refractivity (Wildman–Crippen MR) is 82.8 cm³/mol. The summed E-state index contributed by atoms with van der Waals surface area (Å²) >= 11 is 0. The molecule has 110 valence electrons. The number of aliphatic carboxylic acids is 1. The fourth-order valence-corrected chi connectivity index (χ4v) is 2.15. The van der Waals surface area contributed by atoms with E-state index in [0.717, 1.165) is 23.9 Å². The van der Waals surface area contributed by atoms with Crippen molar-refractivity contribution >= 4 is 11.5 Å². The molecule has 2 rings (SSSR count). The molecule has 4 heteroatoms. The van der Waals surface area contributed by atoms with Gasteiger partial charge in [0.1, 0.15) is 11.5 Å². The highest BCUT2D eigenvalue weighted by Crippen LogP contribution is 2.26. The first-order chi connectivity index (χ1) is 9.95. The van der Waals surface area contributed by atoms with Crippen LogP contribution in [-0.4, -0.2) is 30.1 Å². The van der Waals surface area contributed by atoms with Crippen LogP contribution in [0.1, 0.15) is 18.2 Å². The number of hydrogen-bond donors (Lipinski definition) is 1. The minimum Gasteiger partial charge on any atom is -0.478 e. The van der Waals surface area contributed by atoms with Crippen LogP contribution in [0.3, 0.4) is 0 Å². The predicted octanol–water partition coefficient (Wildman–Crippen LogP) is 3.50. The lowest BCUT2D eigenvalue weighted by Gasteiger charge is -2.10. The monoisotopic (exact) mass is 285 g/mol. The number of hydrogen-bond acceptors (Lipinski definition) is 3. The second kappa shape index (κ2) is 6.41. The van der Waals surface area contributed by atoms with Crippen LogP contribution in [0.5, 0.6) is 0 Å². The third-order valence-electron chi connectivity index (χ3n) is 3.04. The first kappa shape index (κ1) is 15.1. The molecule has 0 aliphatic heterocycles. The normalized spacial score (nSPS) is 11.9. The van der Waals surface area contributed by atoms with Crippen molar-refractivity contribution in [3.05, 3.63) is 53.8 Å². The third kappa shape index (κ3) is 4.07. The van der Waals surface area contributed by atoms with E-state index in [1.165, 1.54) is 5.56 Å². The number of benzene rings is 1. The molecule has 0 saturated carbocycles. The summed E-state index contributed by atoms with van der Waals surface area (Å²) in [7, 11) is 4.05. The Hall–Kier alpha value is -2.33. The Morgan fingerprint density at radius 1 is 1.29 bits per heavy atom. The molecule has 0 aliphatic carbocycles. The number of allylic oxidation sites excluding steroid dienone is 1. The van der Waals surface area contributed by atoms with Crippen molar-refractivity contribution in [3.8, 4) is 11.3 Å². The Balaban J connectivity index is 2.27. The van der Waals surface area contributed by atoms with Gasteiger partial charge in [0.25, 0.3) is 0 Å². The molecular formula is C17H19NO3. The second-order valence-corrected chi connectivity index (χ2v) is 5.27. The van der Waals surface area contributed by atoms with E-state index in [0.29, 0.717) is 11.3 Å². The molecule has 1 aromatic carbocycles. The molecule has 0 unspecified atom stereocenters. The zero-order chi connectivity index (χ0) is 15.4. The van der Waals surface area contributed by atoms with Crippen molar-refractivity contribution in [2.75, 3.05) is 14.1 Å². The van der Waals surface area contributed by atoms with E-state index in [4.69, 9.17) is 9.52 Å². The highest BCUT2D eigenvalue weighted by atomic mass is 16.4. The first-order valence-electron chi connectivity index (χ1n) is 6.71. The topological polar surface area (TPSA) is 53.7 Å². The Morgan fingerprint density at radius 3 is 2.71 bits per heavy atom. The molecule has 0 atom stereocenters. The maximum Gasteiger partial charge on any atom is 0.328 e. The fourth-order valence-electron chi connectivity index (χ4n) is 2.15. The van der Waals surface area contributed by atoms with E-state index < -0.39 is 5.97 Å². The average molecular weight is 285 g/mol. The molecule has 0 spiro atoms. The van der Waals surface area contributed by atoms with E-state index >= 15 is 0 Å². The number of furan rings is 1. The minimum atomic E-state index is -0.974. The van der Waals surface area contributed by atoms with Gasteiger partial charge in [0, 0.05) is 18.2 Å². The Morgan fingerprint density at radius 2 is 2.05 bits per heavy atom. The number of rotatable bonds is 5. The van der Waals surface area contributed by atoms with Crippen LogP contribution in [-0.2, 0) is 11.3 Å². The van der Waals surface area contributed by atoms with Gasteiger partial charge in [-0.05, 0) is 50.4 Å².